The van der Waals surface area contributed by atoms with Crippen molar-refractivity contribution in [3.05, 3.63) is 42.7 Å². The summed E-state index contributed by atoms with van der Waals surface area (Å²) < 4.78 is 0. The van der Waals surface area contributed by atoms with Gasteiger partial charge in [0.2, 0.25) is 0 Å². The average Bonchev–Trinajstić information content (AvgIpc) is 2.50. The van der Waals surface area contributed by atoms with Crippen molar-refractivity contribution in [3.63, 3.8) is 0 Å². The van der Waals surface area contributed by atoms with Gasteiger partial charge >= 0.3 is 0 Å². The van der Waals surface area contributed by atoms with Crippen LogP contribution in [-0.2, 0) is 0 Å². The maximum Gasteiger partial charge on any atom is 0.159 e. The van der Waals surface area contributed by atoms with Gasteiger partial charge in [0, 0.05) is 29.7 Å². The van der Waals surface area contributed by atoms with Gasteiger partial charge in [0.05, 0.1) is 0 Å². The SMILES string of the molecule is Cl.c1cnc(-c2ccc(NC3CCNCC3)cc2)nc1. The van der Waals surface area contributed by atoms with Crippen LogP contribution in [-0.4, -0.2) is 29.1 Å². The molecule has 1 aliphatic heterocycles. The minimum Gasteiger partial charge on any atom is -0.382 e. The summed E-state index contributed by atoms with van der Waals surface area (Å²) in [5.74, 6) is 0.774. The lowest BCUT2D eigenvalue weighted by Gasteiger charge is -2.24. The highest BCUT2D eigenvalue weighted by atomic mass is 35.5. The molecule has 3 rings (SSSR count). The van der Waals surface area contributed by atoms with E-state index in [0.717, 1.165) is 24.5 Å². The standard InChI is InChI=1S/C15H18N4.ClH/c1-8-17-15(18-9-1)12-2-4-13(5-3-12)19-14-6-10-16-11-7-14;/h1-5,8-9,14,16,19H,6-7,10-11H2;1H. The first-order chi connectivity index (χ1) is 9.42. The van der Waals surface area contributed by atoms with E-state index in [0.29, 0.717) is 6.04 Å². The molecule has 106 valence electrons. The Kier molecular flexibility index (Phi) is 5.32. The highest BCUT2D eigenvalue weighted by molar-refractivity contribution is 5.85. The summed E-state index contributed by atoms with van der Waals surface area (Å²) >= 11 is 0. The second kappa shape index (κ2) is 7.22. The molecule has 0 spiro atoms. The van der Waals surface area contributed by atoms with Crippen LogP contribution in [0, 0.1) is 0 Å². The Morgan fingerprint density at radius 2 is 1.65 bits per heavy atom. The van der Waals surface area contributed by atoms with E-state index < -0.39 is 0 Å². The van der Waals surface area contributed by atoms with Crippen molar-refractivity contribution in [2.45, 2.75) is 18.9 Å². The first kappa shape index (κ1) is 14.8. The minimum absolute atomic E-state index is 0. The third-order valence-corrected chi connectivity index (χ3v) is 3.42. The maximum absolute atomic E-state index is 4.25. The van der Waals surface area contributed by atoms with Crippen LogP contribution in [0.25, 0.3) is 11.4 Å². The molecule has 2 aromatic rings. The normalized spacial score (nSPS) is 15.4. The molecule has 0 unspecified atom stereocenters. The molecule has 0 atom stereocenters. The molecule has 4 nitrogen and oxygen atoms in total. The summed E-state index contributed by atoms with van der Waals surface area (Å²) in [6.07, 6.45) is 5.90. The van der Waals surface area contributed by atoms with Crippen molar-refractivity contribution in [1.82, 2.24) is 15.3 Å². The Morgan fingerprint density at radius 3 is 2.30 bits per heavy atom. The van der Waals surface area contributed by atoms with Crippen molar-refractivity contribution in [1.29, 1.82) is 0 Å². The molecule has 0 bridgehead atoms. The molecule has 2 heterocycles. The molecule has 1 saturated heterocycles. The number of benzene rings is 1. The van der Waals surface area contributed by atoms with Crippen LogP contribution in [0.4, 0.5) is 5.69 Å². The number of piperidine rings is 1. The van der Waals surface area contributed by atoms with Crippen LogP contribution in [0.5, 0.6) is 0 Å². The molecular formula is C15H19ClN4. The molecule has 1 fully saturated rings. The summed E-state index contributed by atoms with van der Waals surface area (Å²) in [4.78, 5) is 8.51. The summed E-state index contributed by atoms with van der Waals surface area (Å²) in [6, 6.07) is 10.8. The number of halogens is 1. The second-order valence-electron chi connectivity index (χ2n) is 4.82. The lowest BCUT2D eigenvalue weighted by molar-refractivity contribution is 0.479. The number of rotatable bonds is 3. The van der Waals surface area contributed by atoms with Gasteiger partial charge in [-0.15, -0.1) is 12.4 Å². The van der Waals surface area contributed by atoms with E-state index in [1.165, 1.54) is 18.5 Å². The van der Waals surface area contributed by atoms with Gasteiger partial charge < -0.3 is 10.6 Å². The van der Waals surface area contributed by atoms with Gasteiger partial charge in [-0.1, -0.05) is 0 Å². The summed E-state index contributed by atoms with van der Waals surface area (Å²) in [5.41, 5.74) is 2.23. The molecule has 0 aliphatic carbocycles. The summed E-state index contributed by atoms with van der Waals surface area (Å²) in [5, 5.41) is 6.95. The van der Waals surface area contributed by atoms with Crippen LogP contribution in [0.15, 0.2) is 42.7 Å². The summed E-state index contributed by atoms with van der Waals surface area (Å²) in [7, 11) is 0. The first-order valence-electron chi connectivity index (χ1n) is 6.76. The molecule has 2 N–H and O–H groups in total. The first-order valence-corrected chi connectivity index (χ1v) is 6.76. The minimum atomic E-state index is 0. The monoisotopic (exact) mass is 290 g/mol. The second-order valence-corrected chi connectivity index (χ2v) is 4.82. The van der Waals surface area contributed by atoms with Gasteiger partial charge in [0.15, 0.2) is 5.82 Å². The fourth-order valence-electron chi connectivity index (χ4n) is 2.37. The van der Waals surface area contributed by atoms with E-state index in [-0.39, 0.29) is 12.4 Å². The van der Waals surface area contributed by atoms with Gasteiger partial charge in [-0.05, 0) is 56.3 Å². The van der Waals surface area contributed by atoms with Crippen molar-refractivity contribution in [2.24, 2.45) is 0 Å². The number of hydrogen-bond donors (Lipinski definition) is 2. The largest absolute Gasteiger partial charge is 0.382 e. The van der Waals surface area contributed by atoms with Crippen LogP contribution < -0.4 is 10.6 Å². The van der Waals surface area contributed by atoms with Crippen molar-refractivity contribution >= 4 is 18.1 Å². The average molecular weight is 291 g/mol. The van der Waals surface area contributed by atoms with Gasteiger partial charge in [-0.25, -0.2) is 9.97 Å². The molecule has 5 heteroatoms. The van der Waals surface area contributed by atoms with Gasteiger partial charge in [0.25, 0.3) is 0 Å². The fourth-order valence-corrected chi connectivity index (χ4v) is 2.37. The molecule has 1 aromatic heterocycles. The van der Waals surface area contributed by atoms with Gasteiger partial charge in [-0.2, -0.15) is 0 Å². The molecule has 0 radical (unpaired) electrons. The van der Waals surface area contributed by atoms with Crippen molar-refractivity contribution in [3.8, 4) is 11.4 Å². The number of nitrogens with one attached hydrogen (secondary N) is 2. The number of anilines is 1. The Hall–Kier alpha value is -1.65. The molecule has 1 aliphatic rings. The van der Waals surface area contributed by atoms with Gasteiger partial charge in [0.1, 0.15) is 0 Å². The molecule has 0 amide bonds. The van der Waals surface area contributed by atoms with Gasteiger partial charge in [-0.3, -0.25) is 0 Å². The lowest BCUT2D eigenvalue weighted by Crippen LogP contribution is -2.35. The molecule has 0 saturated carbocycles. The summed E-state index contributed by atoms with van der Waals surface area (Å²) in [6.45, 7) is 2.21. The third-order valence-electron chi connectivity index (χ3n) is 3.42. The third kappa shape index (κ3) is 3.68. The van der Waals surface area contributed by atoms with Crippen molar-refractivity contribution in [2.75, 3.05) is 18.4 Å². The maximum atomic E-state index is 4.25. The molecule has 20 heavy (non-hydrogen) atoms. The quantitative estimate of drug-likeness (QED) is 0.913. The Balaban J connectivity index is 0.00000147. The zero-order chi connectivity index (χ0) is 12.9. The van der Waals surface area contributed by atoms with E-state index in [9.17, 15) is 0 Å². The van der Waals surface area contributed by atoms with E-state index in [2.05, 4.69) is 44.9 Å². The van der Waals surface area contributed by atoms with E-state index in [4.69, 9.17) is 0 Å². The zero-order valence-electron chi connectivity index (χ0n) is 11.2. The highest BCUT2D eigenvalue weighted by Crippen LogP contribution is 2.19. The molecule has 1 aromatic carbocycles. The fraction of sp³-hybridized carbons (Fsp3) is 0.333. The predicted octanol–water partition coefficient (Wildman–Crippen LogP) is 2.73. The van der Waals surface area contributed by atoms with E-state index >= 15 is 0 Å². The van der Waals surface area contributed by atoms with Crippen molar-refractivity contribution < 1.29 is 0 Å². The topological polar surface area (TPSA) is 49.8 Å². The molecular weight excluding hydrogens is 272 g/mol. The number of aromatic nitrogens is 2. The predicted molar refractivity (Wildman–Crippen MR) is 84.2 cm³/mol. The Labute approximate surface area is 125 Å². The lowest BCUT2D eigenvalue weighted by atomic mass is 10.1. The van der Waals surface area contributed by atoms with E-state index in [1.807, 2.05) is 6.07 Å². The Morgan fingerprint density at radius 1 is 1.00 bits per heavy atom. The van der Waals surface area contributed by atoms with Crippen LogP contribution >= 0.6 is 12.4 Å². The highest BCUT2D eigenvalue weighted by Gasteiger charge is 2.12. The van der Waals surface area contributed by atoms with E-state index in [1.54, 1.807) is 12.4 Å². The number of nitrogens with zero attached hydrogens (tertiary/aromatic N) is 2. The Bertz CT molecular complexity index is 509. The smallest absolute Gasteiger partial charge is 0.159 e. The van der Waals surface area contributed by atoms with Crippen LogP contribution in [0.1, 0.15) is 12.8 Å². The van der Waals surface area contributed by atoms with Crippen LogP contribution in [0.3, 0.4) is 0 Å². The zero-order valence-corrected chi connectivity index (χ0v) is 12.1. The van der Waals surface area contributed by atoms with Crippen LogP contribution in [0.2, 0.25) is 0 Å². The number of hydrogen-bond acceptors (Lipinski definition) is 4.